The van der Waals surface area contributed by atoms with E-state index in [1.54, 1.807) is 6.92 Å². The zero-order valence-corrected chi connectivity index (χ0v) is 10.7. The first-order valence-corrected chi connectivity index (χ1v) is 6.41. The van der Waals surface area contributed by atoms with E-state index in [1.165, 1.54) is 21.8 Å². The molecule has 0 spiro atoms. The number of para-hydroxylation sites is 1. The second-order valence-corrected chi connectivity index (χ2v) is 4.71. The molecule has 0 saturated carbocycles. The van der Waals surface area contributed by atoms with Crippen LogP contribution in [0.4, 0.5) is 0 Å². The van der Waals surface area contributed by atoms with Gasteiger partial charge in [0, 0.05) is 28.4 Å². The molecule has 0 bridgehead atoms. The maximum atomic E-state index is 9.71. The number of hydrogen-bond donors (Lipinski definition) is 1. The fourth-order valence-corrected chi connectivity index (χ4v) is 2.67. The molecule has 0 aliphatic rings. The van der Waals surface area contributed by atoms with E-state index < -0.39 is 6.10 Å². The molecule has 0 aliphatic carbocycles. The third-order valence-corrected chi connectivity index (χ3v) is 3.60. The summed E-state index contributed by atoms with van der Waals surface area (Å²) < 4.78 is 2.32. The molecule has 92 valence electrons. The highest BCUT2D eigenvalue weighted by molar-refractivity contribution is 6.08. The summed E-state index contributed by atoms with van der Waals surface area (Å²) in [5.74, 6) is 0. The molecule has 0 radical (unpaired) electrons. The van der Waals surface area contributed by atoms with Crippen molar-refractivity contribution in [2.24, 2.45) is 0 Å². The molecule has 3 aromatic rings. The van der Waals surface area contributed by atoms with E-state index in [1.807, 2.05) is 6.07 Å². The Kier molecular flexibility index (Phi) is 2.60. The van der Waals surface area contributed by atoms with E-state index in [2.05, 4.69) is 47.9 Å². The van der Waals surface area contributed by atoms with Gasteiger partial charge in [0.25, 0.3) is 0 Å². The van der Waals surface area contributed by atoms with E-state index >= 15 is 0 Å². The molecular weight excluding hydrogens is 222 g/mol. The van der Waals surface area contributed by atoms with Gasteiger partial charge in [0.2, 0.25) is 0 Å². The highest BCUT2D eigenvalue weighted by Gasteiger charge is 2.10. The average Bonchev–Trinajstić information content (AvgIpc) is 2.71. The Balaban J connectivity index is 2.45. The minimum atomic E-state index is -0.418. The largest absolute Gasteiger partial charge is 0.389 e. The van der Waals surface area contributed by atoms with Gasteiger partial charge < -0.3 is 9.67 Å². The lowest BCUT2D eigenvalue weighted by Crippen LogP contribution is -1.94. The highest BCUT2D eigenvalue weighted by atomic mass is 16.3. The van der Waals surface area contributed by atoms with Crippen molar-refractivity contribution in [2.45, 2.75) is 26.5 Å². The Labute approximate surface area is 106 Å². The van der Waals surface area contributed by atoms with Gasteiger partial charge in [-0.1, -0.05) is 24.3 Å². The Bertz CT molecular complexity index is 710. The number of benzene rings is 2. The van der Waals surface area contributed by atoms with Crippen molar-refractivity contribution >= 4 is 21.8 Å². The number of aromatic nitrogens is 1. The molecule has 0 saturated heterocycles. The Morgan fingerprint density at radius 3 is 2.50 bits per heavy atom. The molecule has 0 fully saturated rings. The fraction of sp³-hybridized carbons (Fsp3) is 0.250. The molecule has 1 aromatic heterocycles. The number of aryl methyl sites for hydroxylation is 1. The van der Waals surface area contributed by atoms with E-state index in [9.17, 15) is 5.11 Å². The maximum absolute atomic E-state index is 9.71. The van der Waals surface area contributed by atoms with Crippen molar-refractivity contribution in [3.63, 3.8) is 0 Å². The summed E-state index contributed by atoms with van der Waals surface area (Å²) >= 11 is 0. The van der Waals surface area contributed by atoms with Crippen LogP contribution in [0.25, 0.3) is 21.8 Å². The number of aliphatic hydroxyl groups is 1. The zero-order chi connectivity index (χ0) is 12.7. The van der Waals surface area contributed by atoms with Crippen LogP contribution in [0.1, 0.15) is 25.5 Å². The third-order valence-electron chi connectivity index (χ3n) is 3.60. The minimum Gasteiger partial charge on any atom is -0.389 e. The van der Waals surface area contributed by atoms with Crippen molar-refractivity contribution in [1.29, 1.82) is 0 Å². The Morgan fingerprint density at radius 1 is 1.06 bits per heavy atom. The first kappa shape index (κ1) is 11.3. The molecule has 0 amide bonds. The number of nitrogens with zero attached hydrogens (tertiary/aromatic N) is 1. The summed E-state index contributed by atoms with van der Waals surface area (Å²) in [6.07, 6.45) is -0.418. The average molecular weight is 239 g/mol. The summed E-state index contributed by atoms with van der Waals surface area (Å²) in [5.41, 5.74) is 3.47. The lowest BCUT2D eigenvalue weighted by atomic mass is 10.1. The predicted octanol–water partition coefficient (Wildman–Crippen LogP) is 3.87. The Hall–Kier alpha value is -1.80. The molecule has 1 atom stereocenters. The molecule has 0 aliphatic heterocycles. The minimum absolute atomic E-state index is 0.418. The molecule has 1 heterocycles. The lowest BCUT2D eigenvalue weighted by molar-refractivity contribution is 0.199. The predicted molar refractivity (Wildman–Crippen MR) is 75.8 cm³/mol. The summed E-state index contributed by atoms with van der Waals surface area (Å²) in [6.45, 7) is 4.92. The van der Waals surface area contributed by atoms with Gasteiger partial charge in [-0.2, -0.15) is 0 Å². The fourth-order valence-electron chi connectivity index (χ4n) is 2.67. The van der Waals surface area contributed by atoms with Crippen LogP contribution in [0.15, 0.2) is 42.5 Å². The van der Waals surface area contributed by atoms with E-state index in [0.29, 0.717) is 0 Å². The van der Waals surface area contributed by atoms with Crippen molar-refractivity contribution in [3.05, 3.63) is 48.0 Å². The van der Waals surface area contributed by atoms with Crippen molar-refractivity contribution in [3.8, 4) is 0 Å². The maximum Gasteiger partial charge on any atom is 0.0762 e. The number of hydrogen-bond acceptors (Lipinski definition) is 1. The van der Waals surface area contributed by atoms with Gasteiger partial charge in [0.1, 0.15) is 0 Å². The van der Waals surface area contributed by atoms with Gasteiger partial charge in [-0.3, -0.25) is 0 Å². The van der Waals surface area contributed by atoms with Crippen LogP contribution in [0.3, 0.4) is 0 Å². The van der Waals surface area contributed by atoms with Crippen LogP contribution in [-0.2, 0) is 6.54 Å². The third kappa shape index (κ3) is 1.53. The smallest absolute Gasteiger partial charge is 0.0762 e. The van der Waals surface area contributed by atoms with Crippen LogP contribution in [0.5, 0.6) is 0 Å². The first-order chi connectivity index (χ1) is 8.72. The summed E-state index contributed by atoms with van der Waals surface area (Å²) in [6, 6.07) is 14.7. The molecule has 3 rings (SSSR count). The number of aliphatic hydroxyl groups excluding tert-OH is 1. The number of rotatable bonds is 2. The molecule has 1 N–H and O–H groups in total. The van der Waals surface area contributed by atoms with Crippen molar-refractivity contribution in [2.75, 3.05) is 0 Å². The summed E-state index contributed by atoms with van der Waals surface area (Å²) in [7, 11) is 0. The molecule has 18 heavy (non-hydrogen) atoms. The second-order valence-electron chi connectivity index (χ2n) is 4.71. The van der Waals surface area contributed by atoms with Gasteiger partial charge in [-0.05, 0) is 37.6 Å². The first-order valence-electron chi connectivity index (χ1n) is 6.41. The van der Waals surface area contributed by atoms with Crippen LogP contribution in [-0.4, -0.2) is 9.67 Å². The van der Waals surface area contributed by atoms with Gasteiger partial charge >= 0.3 is 0 Å². The van der Waals surface area contributed by atoms with E-state index in [4.69, 9.17) is 0 Å². The second kappa shape index (κ2) is 4.14. The SMILES string of the molecule is CCn1c2ccccc2c2cc(C(C)O)ccc21. The van der Waals surface area contributed by atoms with E-state index in [0.717, 1.165) is 12.1 Å². The highest BCUT2D eigenvalue weighted by Crippen LogP contribution is 2.30. The Morgan fingerprint density at radius 2 is 1.78 bits per heavy atom. The number of fused-ring (bicyclic) bond motifs is 3. The lowest BCUT2D eigenvalue weighted by Gasteiger charge is -2.06. The van der Waals surface area contributed by atoms with Crippen LogP contribution in [0.2, 0.25) is 0 Å². The zero-order valence-electron chi connectivity index (χ0n) is 10.7. The van der Waals surface area contributed by atoms with Gasteiger partial charge in [0.05, 0.1) is 6.10 Å². The van der Waals surface area contributed by atoms with Crippen LogP contribution in [0, 0.1) is 0 Å². The molecule has 2 nitrogen and oxygen atoms in total. The van der Waals surface area contributed by atoms with Crippen molar-refractivity contribution < 1.29 is 5.11 Å². The molecule has 2 heteroatoms. The van der Waals surface area contributed by atoms with E-state index in [-0.39, 0.29) is 0 Å². The standard InChI is InChI=1S/C16H17NO/c1-3-17-15-7-5-4-6-13(15)14-10-12(11(2)18)8-9-16(14)17/h4-11,18H,3H2,1-2H3. The summed E-state index contributed by atoms with van der Waals surface area (Å²) in [5, 5.41) is 12.2. The molecule has 1 unspecified atom stereocenters. The quantitative estimate of drug-likeness (QED) is 0.721. The normalized spacial score (nSPS) is 13.3. The van der Waals surface area contributed by atoms with Gasteiger partial charge in [-0.15, -0.1) is 0 Å². The molecule has 2 aromatic carbocycles. The summed E-state index contributed by atoms with van der Waals surface area (Å²) in [4.78, 5) is 0. The van der Waals surface area contributed by atoms with Gasteiger partial charge in [-0.25, -0.2) is 0 Å². The molecular formula is C16H17NO. The topological polar surface area (TPSA) is 25.2 Å². The van der Waals surface area contributed by atoms with Gasteiger partial charge in [0.15, 0.2) is 0 Å². The van der Waals surface area contributed by atoms with Crippen LogP contribution >= 0.6 is 0 Å². The van der Waals surface area contributed by atoms with Crippen molar-refractivity contribution in [1.82, 2.24) is 4.57 Å². The monoisotopic (exact) mass is 239 g/mol. The van der Waals surface area contributed by atoms with Crippen LogP contribution < -0.4 is 0 Å².